The van der Waals surface area contributed by atoms with Crippen molar-refractivity contribution >= 4 is 11.8 Å². The number of aliphatic hydroxyl groups excluding tert-OH is 1. The molecule has 0 aromatic heterocycles. The molecule has 1 N–H and O–H groups in total. The Kier molecular flexibility index (Phi) is 3.13. The highest BCUT2D eigenvalue weighted by atomic mass is 19.2. The van der Waals surface area contributed by atoms with E-state index >= 15 is 0 Å². The van der Waals surface area contributed by atoms with Crippen molar-refractivity contribution in [3.8, 4) is 0 Å². The van der Waals surface area contributed by atoms with Crippen LogP contribution in [0.2, 0.25) is 0 Å². The SMILES string of the molecule is CC[C@@H](CO)N1C(=O)c2cc(F)c(F)cc2C1=O. The smallest absolute Gasteiger partial charge is 0.261 e. The maximum atomic E-state index is 13.1. The minimum absolute atomic E-state index is 0.161. The Morgan fingerprint density at radius 3 is 1.94 bits per heavy atom. The zero-order valence-electron chi connectivity index (χ0n) is 9.61. The van der Waals surface area contributed by atoms with Gasteiger partial charge in [0.1, 0.15) is 0 Å². The number of rotatable bonds is 3. The number of hydrogen-bond acceptors (Lipinski definition) is 3. The van der Waals surface area contributed by atoms with Gasteiger partial charge in [0, 0.05) is 0 Å². The van der Waals surface area contributed by atoms with Crippen molar-refractivity contribution in [3.05, 3.63) is 34.9 Å². The zero-order valence-corrected chi connectivity index (χ0v) is 9.61. The van der Waals surface area contributed by atoms with Crippen LogP contribution in [0.4, 0.5) is 8.78 Å². The van der Waals surface area contributed by atoms with Crippen molar-refractivity contribution in [2.75, 3.05) is 6.61 Å². The fraction of sp³-hybridized carbons (Fsp3) is 0.333. The Morgan fingerprint density at radius 1 is 1.17 bits per heavy atom. The van der Waals surface area contributed by atoms with E-state index < -0.39 is 29.5 Å². The number of carbonyl (C=O) groups is 2. The molecule has 96 valence electrons. The molecule has 1 heterocycles. The fourth-order valence-electron chi connectivity index (χ4n) is 1.98. The second kappa shape index (κ2) is 4.45. The Morgan fingerprint density at radius 2 is 1.61 bits per heavy atom. The van der Waals surface area contributed by atoms with Crippen LogP contribution in [0.5, 0.6) is 0 Å². The van der Waals surface area contributed by atoms with Crippen molar-refractivity contribution in [2.45, 2.75) is 19.4 Å². The average Bonchev–Trinajstić information content (AvgIpc) is 2.57. The minimum atomic E-state index is -1.17. The van der Waals surface area contributed by atoms with Gasteiger partial charge in [-0.2, -0.15) is 0 Å². The highest BCUT2D eigenvalue weighted by molar-refractivity contribution is 6.21. The summed E-state index contributed by atoms with van der Waals surface area (Å²) in [6.07, 6.45) is 0.368. The quantitative estimate of drug-likeness (QED) is 0.829. The summed E-state index contributed by atoms with van der Waals surface area (Å²) in [7, 11) is 0. The lowest BCUT2D eigenvalue weighted by molar-refractivity contribution is 0.0511. The molecule has 0 fully saturated rings. The number of aliphatic hydroxyl groups is 1. The van der Waals surface area contributed by atoms with Crippen molar-refractivity contribution < 1.29 is 23.5 Å². The first-order valence-corrected chi connectivity index (χ1v) is 5.49. The molecule has 0 aliphatic carbocycles. The summed E-state index contributed by atoms with van der Waals surface area (Å²) in [6, 6.07) is 0.757. The molecule has 6 heteroatoms. The predicted octanol–water partition coefficient (Wildman–Crippen LogP) is 1.33. The minimum Gasteiger partial charge on any atom is -0.394 e. The number of fused-ring (bicyclic) bond motifs is 1. The standard InChI is InChI=1S/C12H11F2NO3/c1-2-6(5-16)15-11(17)7-3-9(13)10(14)4-8(7)12(15)18/h3-4,6,16H,2,5H2,1H3/t6-/m0/s1. The van der Waals surface area contributed by atoms with Crippen LogP contribution in [-0.2, 0) is 0 Å². The van der Waals surface area contributed by atoms with E-state index in [1.54, 1.807) is 6.92 Å². The number of imide groups is 1. The zero-order chi connectivity index (χ0) is 13.4. The lowest BCUT2D eigenvalue weighted by Crippen LogP contribution is -2.41. The largest absolute Gasteiger partial charge is 0.394 e. The van der Waals surface area contributed by atoms with Gasteiger partial charge in [-0.1, -0.05) is 6.92 Å². The number of amides is 2. The summed E-state index contributed by atoms with van der Waals surface area (Å²) in [5.41, 5.74) is -0.323. The maximum Gasteiger partial charge on any atom is 0.261 e. The Balaban J connectivity index is 2.50. The molecule has 4 nitrogen and oxygen atoms in total. The van der Waals surface area contributed by atoms with E-state index in [9.17, 15) is 18.4 Å². The van der Waals surface area contributed by atoms with Gasteiger partial charge in [-0.05, 0) is 18.6 Å². The fourth-order valence-corrected chi connectivity index (χ4v) is 1.98. The van der Waals surface area contributed by atoms with Crippen LogP contribution >= 0.6 is 0 Å². The van der Waals surface area contributed by atoms with Crippen molar-refractivity contribution in [1.29, 1.82) is 0 Å². The lowest BCUT2D eigenvalue weighted by Gasteiger charge is -2.22. The summed E-state index contributed by atoms with van der Waals surface area (Å²) in [6.45, 7) is 1.32. The maximum absolute atomic E-state index is 13.1. The molecule has 0 unspecified atom stereocenters. The molecule has 1 aromatic carbocycles. The summed E-state index contributed by atoms with van der Waals surface area (Å²) in [5.74, 6) is -3.74. The molecule has 1 aliphatic rings. The van der Waals surface area contributed by atoms with E-state index in [-0.39, 0.29) is 17.7 Å². The topological polar surface area (TPSA) is 57.6 Å². The van der Waals surface area contributed by atoms with E-state index in [1.165, 1.54) is 0 Å². The Bertz CT molecular complexity index is 485. The molecule has 0 spiro atoms. The lowest BCUT2D eigenvalue weighted by atomic mass is 10.1. The van der Waals surface area contributed by atoms with Gasteiger partial charge in [0.05, 0.1) is 23.8 Å². The van der Waals surface area contributed by atoms with Gasteiger partial charge >= 0.3 is 0 Å². The molecule has 0 saturated heterocycles. The molecule has 0 saturated carbocycles. The average molecular weight is 255 g/mol. The molecule has 0 radical (unpaired) electrons. The van der Waals surface area contributed by atoms with Gasteiger partial charge in [0.25, 0.3) is 11.8 Å². The third kappa shape index (κ3) is 1.69. The third-order valence-electron chi connectivity index (χ3n) is 3.01. The van der Waals surface area contributed by atoms with Crippen LogP contribution < -0.4 is 0 Å². The third-order valence-corrected chi connectivity index (χ3v) is 3.01. The molecule has 2 rings (SSSR count). The van der Waals surface area contributed by atoms with Gasteiger partial charge in [0.2, 0.25) is 0 Å². The second-order valence-electron chi connectivity index (χ2n) is 4.04. The van der Waals surface area contributed by atoms with Crippen molar-refractivity contribution in [1.82, 2.24) is 4.90 Å². The van der Waals surface area contributed by atoms with Gasteiger partial charge in [-0.3, -0.25) is 14.5 Å². The number of nitrogens with zero attached hydrogens (tertiary/aromatic N) is 1. The molecule has 1 atom stereocenters. The predicted molar refractivity (Wildman–Crippen MR) is 58.0 cm³/mol. The number of benzene rings is 1. The van der Waals surface area contributed by atoms with Gasteiger partial charge in [0.15, 0.2) is 11.6 Å². The first-order valence-electron chi connectivity index (χ1n) is 5.49. The summed E-state index contributed by atoms with van der Waals surface area (Å²) < 4.78 is 26.1. The normalized spacial score (nSPS) is 16.1. The molecular weight excluding hydrogens is 244 g/mol. The highest BCUT2D eigenvalue weighted by Crippen LogP contribution is 2.27. The monoisotopic (exact) mass is 255 g/mol. The van der Waals surface area contributed by atoms with Crippen molar-refractivity contribution in [2.24, 2.45) is 0 Å². The number of carbonyl (C=O) groups excluding carboxylic acids is 2. The van der Waals surface area contributed by atoms with Crippen LogP contribution in [0.15, 0.2) is 12.1 Å². The van der Waals surface area contributed by atoms with Gasteiger partial charge < -0.3 is 5.11 Å². The molecular formula is C12H11F2NO3. The van der Waals surface area contributed by atoms with Crippen LogP contribution in [0, 0.1) is 11.6 Å². The van der Waals surface area contributed by atoms with Crippen LogP contribution in [0.3, 0.4) is 0 Å². The van der Waals surface area contributed by atoms with Crippen LogP contribution in [-0.4, -0.2) is 34.5 Å². The molecule has 2 amide bonds. The Labute approximate surface area is 102 Å². The van der Waals surface area contributed by atoms with Gasteiger partial charge in [-0.25, -0.2) is 8.78 Å². The first-order chi connectivity index (χ1) is 8.51. The molecule has 1 aromatic rings. The first kappa shape index (κ1) is 12.6. The molecule has 0 bridgehead atoms. The Hall–Kier alpha value is -1.82. The second-order valence-corrected chi connectivity index (χ2v) is 4.04. The van der Waals surface area contributed by atoms with E-state index in [1.807, 2.05) is 0 Å². The van der Waals surface area contributed by atoms with E-state index in [0.29, 0.717) is 6.42 Å². The number of halogens is 2. The molecule has 18 heavy (non-hydrogen) atoms. The highest BCUT2D eigenvalue weighted by Gasteiger charge is 2.40. The molecule has 1 aliphatic heterocycles. The van der Waals surface area contributed by atoms with E-state index in [4.69, 9.17) is 5.11 Å². The van der Waals surface area contributed by atoms with Crippen LogP contribution in [0.1, 0.15) is 34.1 Å². The van der Waals surface area contributed by atoms with Gasteiger partial charge in [-0.15, -0.1) is 0 Å². The number of hydrogen-bond donors (Lipinski definition) is 1. The summed E-state index contributed by atoms with van der Waals surface area (Å²) in [4.78, 5) is 24.7. The van der Waals surface area contributed by atoms with Crippen LogP contribution in [0.25, 0.3) is 0 Å². The van der Waals surface area contributed by atoms with E-state index in [2.05, 4.69) is 0 Å². The summed E-state index contributed by atoms with van der Waals surface area (Å²) >= 11 is 0. The van der Waals surface area contributed by atoms with E-state index in [0.717, 1.165) is 17.0 Å². The van der Waals surface area contributed by atoms with Crippen molar-refractivity contribution in [3.63, 3.8) is 0 Å². The summed E-state index contributed by atoms with van der Waals surface area (Å²) in [5, 5.41) is 9.12.